The molecule has 0 aliphatic carbocycles. The Hall–Kier alpha value is -3.23. The van der Waals surface area contributed by atoms with Crippen molar-refractivity contribution in [3.63, 3.8) is 0 Å². The Kier molecular flexibility index (Phi) is 8.30. The Morgan fingerprint density at radius 1 is 1.26 bits per heavy atom. The summed E-state index contributed by atoms with van der Waals surface area (Å²) in [6, 6.07) is 5.38. The second-order valence-corrected chi connectivity index (χ2v) is 7.84. The number of unbranched alkanes of at least 4 members (excludes halogenated alkanes) is 1. The van der Waals surface area contributed by atoms with Crippen molar-refractivity contribution in [2.45, 2.75) is 47.1 Å². The summed E-state index contributed by atoms with van der Waals surface area (Å²) in [5.74, 6) is 0.582. The first-order valence-corrected chi connectivity index (χ1v) is 10.4. The number of hydrogen-bond donors (Lipinski definition) is 2. The summed E-state index contributed by atoms with van der Waals surface area (Å²) >= 11 is 0. The average Bonchev–Trinajstić information content (AvgIpc) is 2.71. The monoisotopic (exact) mass is 432 g/mol. The van der Waals surface area contributed by atoms with E-state index in [4.69, 9.17) is 15.2 Å². The van der Waals surface area contributed by atoms with Crippen LogP contribution >= 0.6 is 0 Å². The van der Waals surface area contributed by atoms with Crippen molar-refractivity contribution in [1.82, 2.24) is 9.55 Å². The lowest BCUT2D eigenvalue weighted by Gasteiger charge is -2.25. The molecule has 0 aliphatic rings. The molecular formula is C22H32N4O5. The van der Waals surface area contributed by atoms with E-state index in [1.54, 1.807) is 12.1 Å². The SMILES string of the molecule is CCCCN(C(=O)COc1ccc(C)cc1OC)c1c(N)n(CC(C)C)c(=O)[nH]c1=O. The molecule has 0 aliphatic heterocycles. The van der Waals surface area contributed by atoms with Crippen LogP contribution in [0.5, 0.6) is 11.5 Å². The van der Waals surface area contributed by atoms with Gasteiger partial charge in [0.25, 0.3) is 11.5 Å². The van der Waals surface area contributed by atoms with Gasteiger partial charge < -0.3 is 20.1 Å². The summed E-state index contributed by atoms with van der Waals surface area (Å²) in [6.45, 7) is 8.04. The highest BCUT2D eigenvalue weighted by atomic mass is 16.5. The van der Waals surface area contributed by atoms with Gasteiger partial charge in [0.2, 0.25) is 0 Å². The van der Waals surface area contributed by atoms with Gasteiger partial charge in [-0.15, -0.1) is 0 Å². The summed E-state index contributed by atoms with van der Waals surface area (Å²) in [6.07, 6.45) is 1.46. The number of methoxy groups -OCH3 is 1. The number of rotatable bonds is 10. The van der Waals surface area contributed by atoms with Gasteiger partial charge >= 0.3 is 5.69 Å². The lowest BCUT2D eigenvalue weighted by Crippen LogP contribution is -2.43. The van der Waals surface area contributed by atoms with Crippen LogP contribution in [0.15, 0.2) is 27.8 Å². The van der Waals surface area contributed by atoms with E-state index in [-0.39, 0.29) is 30.6 Å². The third-order valence-corrected chi connectivity index (χ3v) is 4.74. The second-order valence-electron chi connectivity index (χ2n) is 7.84. The van der Waals surface area contributed by atoms with Crippen LogP contribution in [0.2, 0.25) is 0 Å². The first-order valence-electron chi connectivity index (χ1n) is 10.4. The van der Waals surface area contributed by atoms with E-state index in [1.165, 1.54) is 16.6 Å². The molecule has 3 N–H and O–H groups in total. The number of ether oxygens (including phenoxy) is 2. The number of benzene rings is 1. The smallest absolute Gasteiger partial charge is 0.330 e. The topological polar surface area (TPSA) is 120 Å². The van der Waals surface area contributed by atoms with Gasteiger partial charge in [0.15, 0.2) is 23.8 Å². The van der Waals surface area contributed by atoms with Crippen molar-refractivity contribution in [3.8, 4) is 11.5 Å². The van der Waals surface area contributed by atoms with Gasteiger partial charge in [-0.1, -0.05) is 33.3 Å². The normalized spacial score (nSPS) is 10.9. The number of aromatic nitrogens is 2. The highest BCUT2D eigenvalue weighted by Gasteiger charge is 2.25. The zero-order valence-electron chi connectivity index (χ0n) is 18.9. The molecule has 0 unspecified atom stereocenters. The van der Waals surface area contributed by atoms with Crippen LogP contribution in [-0.4, -0.2) is 35.7 Å². The minimum atomic E-state index is -0.695. The molecule has 9 nitrogen and oxygen atoms in total. The lowest BCUT2D eigenvalue weighted by molar-refractivity contribution is -0.120. The highest BCUT2D eigenvalue weighted by Crippen LogP contribution is 2.28. The number of aryl methyl sites for hydroxylation is 1. The maximum absolute atomic E-state index is 13.1. The van der Waals surface area contributed by atoms with Gasteiger partial charge in [-0.3, -0.25) is 19.1 Å². The van der Waals surface area contributed by atoms with Crippen LogP contribution in [-0.2, 0) is 11.3 Å². The summed E-state index contributed by atoms with van der Waals surface area (Å²) in [7, 11) is 1.52. The fourth-order valence-electron chi connectivity index (χ4n) is 3.17. The van der Waals surface area contributed by atoms with Crippen LogP contribution in [0.3, 0.4) is 0 Å². The standard InChI is InChI=1S/C22H32N4O5/c1-6-7-10-25(18(27)13-31-16-9-8-15(4)11-17(16)30-5)19-20(23)26(12-14(2)3)22(29)24-21(19)28/h8-9,11,14H,6-7,10,12-13,23H2,1-5H3,(H,24,28,29). The third kappa shape index (κ3) is 5.90. The molecule has 170 valence electrons. The van der Waals surface area contributed by atoms with E-state index in [1.807, 2.05) is 33.8 Å². The van der Waals surface area contributed by atoms with E-state index >= 15 is 0 Å². The Morgan fingerprint density at radius 3 is 2.58 bits per heavy atom. The van der Waals surface area contributed by atoms with Gasteiger partial charge in [0, 0.05) is 13.1 Å². The molecule has 0 spiro atoms. The summed E-state index contributed by atoms with van der Waals surface area (Å²) in [5.41, 5.74) is 5.88. The van der Waals surface area contributed by atoms with Gasteiger partial charge in [0.1, 0.15) is 5.82 Å². The quantitative estimate of drug-likeness (QED) is 0.594. The lowest BCUT2D eigenvalue weighted by atomic mass is 10.2. The van der Waals surface area contributed by atoms with Gasteiger partial charge in [-0.25, -0.2) is 4.79 Å². The maximum atomic E-state index is 13.1. The van der Waals surface area contributed by atoms with Crippen molar-refractivity contribution in [2.24, 2.45) is 5.92 Å². The predicted octanol–water partition coefficient (Wildman–Crippen LogP) is 2.30. The van der Waals surface area contributed by atoms with Crippen LogP contribution < -0.4 is 31.4 Å². The molecule has 1 aromatic carbocycles. The third-order valence-electron chi connectivity index (χ3n) is 4.74. The second kappa shape index (κ2) is 10.7. The van der Waals surface area contributed by atoms with E-state index in [0.29, 0.717) is 24.5 Å². The number of carbonyl (C=O) groups is 1. The van der Waals surface area contributed by atoms with Crippen molar-refractivity contribution in [3.05, 3.63) is 44.6 Å². The van der Waals surface area contributed by atoms with E-state index < -0.39 is 17.2 Å². The van der Waals surface area contributed by atoms with Crippen molar-refractivity contribution >= 4 is 17.4 Å². The number of nitrogens with two attached hydrogens (primary N) is 1. The molecule has 0 saturated carbocycles. The largest absolute Gasteiger partial charge is 0.493 e. The number of aromatic amines is 1. The number of nitrogens with zero attached hydrogens (tertiary/aromatic N) is 2. The van der Waals surface area contributed by atoms with Gasteiger partial charge in [0.05, 0.1) is 7.11 Å². The minimum absolute atomic E-state index is 0.0279. The zero-order chi connectivity index (χ0) is 23.1. The summed E-state index contributed by atoms with van der Waals surface area (Å²) in [4.78, 5) is 41.5. The molecule has 2 rings (SSSR count). The molecular weight excluding hydrogens is 400 g/mol. The van der Waals surface area contributed by atoms with Crippen LogP contribution in [0.25, 0.3) is 0 Å². The van der Waals surface area contributed by atoms with Crippen molar-refractivity contribution in [1.29, 1.82) is 0 Å². The number of anilines is 2. The molecule has 0 bridgehead atoms. The first-order chi connectivity index (χ1) is 14.7. The maximum Gasteiger partial charge on any atom is 0.330 e. The molecule has 0 atom stereocenters. The van der Waals surface area contributed by atoms with Crippen LogP contribution in [0, 0.1) is 12.8 Å². The fourth-order valence-corrected chi connectivity index (χ4v) is 3.17. The molecule has 31 heavy (non-hydrogen) atoms. The molecule has 1 heterocycles. The number of H-pyrrole nitrogens is 1. The van der Waals surface area contributed by atoms with Gasteiger partial charge in [-0.2, -0.15) is 0 Å². The number of nitrogen functional groups attached to an aromatic ring is 1. The van der Waals surface area contributed by atoms with Crippen molar-refractivity contribution < 1.29 is 14.3 Å². The van der Waals surface area contributed by atoms with Crippen LogP contribution in [0.4, 0.5) is 11.5 Å². The fraction of sp³-hybridized carbons (Fsp3) is 0.500. The number of hydrogen-bond acceptors (Lipinski definition) is 6. The van der Waals surface area contributed by atoms with Crippen molar-refractivity contribution in [2.75, 3.05) is 30.9 Å². The summed E-state index contributed by atoms with van der Waals surface area (Å²) < 4.78 is 12.3. The van der Waals surface area contributed by atoms with E-state index in [9.17, 15) is 14.4 Å². The number of nitrogens with one attached hydrogen (secondary N) is 1. The molecule has 2 aromatic rings. The Bertz CT molecular complexity index is 1030. The average molecular weight is 433 g/mol. The molecule has 1 aromatic heterocycles. The number of carbonyl (C=O) groups excluding carboxylic acids is 1. The minimum Gasteiger partial charge on any atom is -0.493 e. The molecule has 0 radical (unpaired) electrons. The molecule has 1 amide bonds. The van der Waals surface area contributed by atoms with E-state index in [2.05, 4.69) is 4.98 Å². The Labute approximate surface area is 181 Å². The van der Waals surface area contributed by atoms with Crippen LogP contribution in [0.1, 0.15) is 39.2 Å². The predicted molar refractivity (Wildman–Crippen MR) is 121 cm³/mol. The van der Waals surface area contributed by atoms with E-state index in [0.717, 1.165) is 12.0 Å². The Morgan fingerprint density at radius 2 is 1.97 bits per heavy atom. The van der Waals surface area contributed by atoms with Gasteiger partial charge in [-0.05, 0) is 37.0 Å². The molecule has 0 saturated heterocycles. The zero-order valence-corrected chi connectivity index (χ0v) is 18.9. The Balaban J connectivity index is 2.38. The molecule has 9 heteroatoms. The summed E-state index contributed by atoms with van der Waals surface area (Å²) in [5, 5.41) is 0. The highest BCUT2D eigenvalue weighted by molar-refractivity contribution is 5.96. The first kappa shape index (κ1) is 24.0. The molecule has 0 fully saturated rings. The number of amides is 1.